The van der Waals surface area contributed by atoms with Gasteiger partial charge in [-0.25, -0.2) is 0 Å². The third kappa shape index (κ3) is 5.48. The molecule has 0 aliphatic heterocycles. The minimum atomic E-state index is -4.86. The maximum atomic E-state index is 13.0. The van der Waals surface area contributed by atoms with Crippen LogP contribution in [0, 0.1) is 0 Å². The predicted octanol–water partition coefficient (Wildman–Crippen LogP) is 7.73. The molecule has 6 nitrogen and oxygen atoms in total. The summed E-state index contributed by atoms with van der Waals surface area (Å²) in [7, 11) is 0. The summed E-state index contributed by atoms with van der Waals surface area (Å²) >= 11 is 0. The number of para-hydroxylation sites is 1. The molecule has 3 aromatic carbocycles. The Morgan fingerprint density at radius 1 is 1.03 bits per heavy atom. The number of nitrogens with zero attached hydrogens (tertiary/aromatic N) is 1. The van der Waals surface area contributed by atoms with E-state index in [4.69, 9.17) is 9.26 Å². The van der Waals surface area contributed by atoms with Gasteiger partial charge in [0.1, 0.15) is 29.6 Å². The van der Waals surface area contributed by atoms with Crippen LogP contribution in [0.1, 0.15) is 49.5 Å². The lowest BCUT2D eigenvalue weighted by Gasteiger charge is -2.14. The van der Waals surface area contributed by atoms with E-state index >= 15 is 0 Å². The van der Waals surface area contributed by atoms with Gasteiger partial charge in [-0.15, -0.1) is 13.2 Å². The van der Waals surface area contributed by atoms with Crippen LogP contribution < -0.4 is 9.47 Å². The van der Waals surface area contributed by atoms with Gasteiger partial charge in [-0.05, 0) is 53.8 Å². The molecule has 0 atom stereocenters. The Kier molecular flexibility index (Phi) is 6.84. The minimum absolute atomic E-state index is 0.0165. The predicted molar refractivity (Wildman–Crippen MR) is 137 cm³/mol. The number of hydrogen-bond donors (Lipinski definition) is 1. The zero-order valence-corrected chi connectivity index (χ0v) is 21.3. The van der Waals surface area contributed by atoms with Crippen LogP contribution in [-0.2, 0) is 16.8 Å². The molecule has 5 rings (SSSR count). The molecule has 1 aliphatic carbocycles. The number of carboxylic acids is 1. The highest BCUT2D eigenvalue weighted by molar-refractivity contribution is 5.85. The smallest absolute Gasteiger partial charge is 0.489 e. The molecule has 1 N–H and O–H groups in total. The van der Waals surface area contributed by atoms with Crippen molar-refractivity contribution in [3.05, 3.63) is 89.7 Å². The van der Waals surface area contributed by atoms with Crippen LogP contribution >= 0.6 is 0 Å². The second-order valence-electron chi connectivity index (χ2n) is 9.85. The molecule has 1 fully saturated rings. The Hall–Kier alpha value is -4.27. The van der Waals surface area contributed by atoms with E-state index in [1.165, 1.54) is 18.2 Å². The Balaban J connectivity index is 1.37. The summed E-state index contributed by atoms with van der Waals surface area (Å²) in [4.78, 5) is 11.7. The first-order chi connectivity index (χ1) is 18.6. The van der Waals surface area contributed by atoms with Crippen molar-refractivity contribution in [3.63, 3.8) is 0 Å². The number of halogens is 3. The first kappa shape index (κ1) is 26.3. The summed E-state index contributed by atoms with van der Waals surface area (Å²) in [5.74, 6) is -0.216. The van der Waals surface area contributed by atoms with E-state index in [1.807, 2.05) is 50.2 Å². The highest BCUT2D eigenvalue weighted by Crippen LogP contribution is 2.49. The topological polar surface area (TPSA) is 81.8 Å². The van der Waals surface area contributed by atoms with Gasteiger partial charge in [-0.3, -0.25) is 4.79 Å². The van der Waals surface area contributed by atoms with Gasteiger partial charge in [-0.2, -0.15) is 0 Å². The Morgan fingerprint density at radius 2 is 1.74 bits per heavy atom. The monoisotopic (exact) mass is 537 g/mol. The molecule has 0 saturated heterocycles. The van der Waals surface area contributed by atoms with E-state index < -0.39 is 17.7 Å². The number of aromatic nitrogens is 1. The van der Waals surface area contributed by atoms with Crippen molar-refractivity contribution in [2.75, 3.05) is 0 Å². The standard InChI is InChI=1S/C30H26F3NO5/c1-18(2)27-24(26(34-39-27)23-8-3-4-9-25(23)38-30(31,32)33)17-37-22-12-10-19(11-13-22)20-6-5-7-21(16-20)29(14-15-29)28(35)36/h3-13,16,18H,14-15,17H2,1-2H3,(H,35,36). The molecule has 0 spiro atoms. The molecule has 0 unspecified atom stereocenters. The fourth-order valence-electron chi connectivity index (χ4n) is 4.65. The molecule has 0 amide bonds. The Bertz CT molecular complexity index is 1490. The zero-order valence-electron chi connectivity index (χ0n) is 21.3. The van der Waals surface area contributed by atoms with E-state index in [0.717, 1.165) is 16.7 Å². The van der Waals surface area contributed by atoms with Crippen molar-refractivity contribution in [3.8, 4) is 33.9 Å². The van der Waals surface area contributed by atoms with E-state index in [2.05, 4.69) is 9.89 Å². The molecular weight excluding hydrogens is 511 g/mol. The molecule has 0 bridgehead atoms. The molecule has 1 aromatic heterocycles. The van der Waals surface area contributed by atoms with Gasteiger partial charge in [-0.1, -0.05) is 67.5 Å². The SMILES string of the molecule is CC(C)c1onc(-c2ccccc2OC(F)(F)F)c1COc1ccc(-c2cccc(C3(C(=O)O)CC3)c2)cc1. The average Bonchev–Trinajstić information content (AvgIpc) is 3.61. The molecule has 4 aromatic rings. The van der Waals surface area contributed by atoms with Gasteiger partial charge in [0.15, 0.2) is 0 Å². The van der Waals surface area contributed by atoms with Crippen LogP contribution in [0.4, 0.5) is 13.2 Å². The Labute approximate surface area is 223 Å². The number of alkyl halides is 3. The maximum absolute atomic E-state index is 13.0. The third-order valence-electron chi connectivity index (χ3n) is 6.86. The molecule has 1 heterocycles. The molecule has 39 heavy (non-hydrogen) atoms. The number of aliphatic carboxylic acids is 1. The van der Waals surface area contributed by atoms with Crippen LogP contribution in [0.2, 0.25) is 0 Å². The lowest BCUT2D eigenvalue weighted by Crippen LogP contribution is -2.19. The molecular formula is C30H26F3NO5. The normalized spacial score (nSPS) is 14.3. The van der Waals surface area contributed by atoms with Gasteiger partial charge >= 0.3 is 12.3 Å². The first-order valence-corrected chi connectivity index (χ1v) is 12.5. The summed E-state index contributed by atoms with van der Waals surface area (Å²) in [5.41, 5.74) is 2.71. The van der Waals surface area contributed by atoms with Crippen molar-refractivity contribution in [1.82, 2.24) is 5.16 Å². The van der Waals surface area contributed by atoms with Crippen molar-refractivity contribution in [1.29, 1.82) is 0 Å². The van der Waals surface area contributed by atoms with Crippen molar-refractivity contribution < 1.29 is 37.1 Å². The molecule has 0 radical (unpaired) electrons. The Morgan fingerprint density at radius 3 is 2.38 bits per heavy atom. The van der Waals surface area contributed by atoms with E-state index in [0.29, 0.717) is 29.9 Å². The highest BCUT2D eigenvalue weighted by atomic mass is 19.4. The number of hydrogen-bond acceptors (Lipinski definition) is 5. The van der Waals surface area contributed by atoms with Gasteiger partial charge in [0.05, 0.1) is 11.0 Å². The molecule has 1 aliphatic rings. The first-order valence-electron chi connectivity index (χ1n) is 12.5. The molecule has 1 saturated carbocycles. The van der Waals surface area contributed by atoms with Gasteiger partial charge in [0.25, 0.3) is 0 Å². The van der Waals surface area contributed by atoms with Crippen molar-refractivity contribution in [2.45, 2.75) is 51.0 Å². The maximum Gasteiger partial charge on any atom is 0.573 e. The number of ether oxygens (including phenoxy) is 2. The van der Waals surface area contributed by atoms with Gasteiger partial charge in [0, 0.05) is 11.5 Å². The van der Waals surface area contributed by atoms with E-state index in [-0.39, 0.29) is 29.5 Å². The lowest BCUT2D eigenvalue weighted by atomic mass is 9.93. The second-order valence-corrected chi connectivity index (χ2v) is 9.85. The largest absolute Gasteiger partial charge is 0.573 e. The average molecular weight is 538 g/mol. The number of rotatable bonds is 9. The highest BCUT2D eigenvalue weighted by Gasteiger charge is 2.51. The number of carbonyl (C=O) groups is 1. The second kappa shape index (κ2) is 10.1. The third-order valence-corrected chi connectivity index (χ3v) is 6.86. The quantitative estimate of drug-likeness (QED) is 0.235. The van der Waals surface area contributed by atoms with Crippen LogP contribution in [0.3, 0.4) is 0 Å². The fourth-order valence-corrected chi connectivity index (χ4v) is 4.65. The van der Waals surface area contributed by atoms with Crippen molar-refractivity contribution >= 4 is 5.97 Å². The van der Waals surface area contributed by atoms with E-state index in [1.54, 1.807) is 18.2 Å². The lowest BCUT2D eigenvalue weighted by molar-refractivity contribution is -0.274. The van der Waals surface area contributed by atoms with Gasteiger partial charge < -0.3 is 19.1 Å². The van der Waals surface area contributed by atoms with Gasteiger partial charge in [0.2, 0.25) is 0 Å². The molecule has 9 heteroatoms. The molecule has 202 valence electrons. The number of benzene rings is 3. The number of carboxylic acid groups (broad SMARTS) is 1. The van der Waals surface area contributed by atoms with E-state index in [9.17, 15) is 23.1 Å². The van der Waals surface area contributed by atoms with Crippen LogP contribution in [-0.4, -0.2) is 22.6 Å². The summed E-state index contributed by atoms with van der Waals surface area (Å²) in [5, 5.41) is 13.7. The van der Waals surface area contributed by atoms with Crippen molar-refractivity contribution in [2.24, 2.45) is 0 Å². The summed E-state index contributed by atoms with van der Waals surface area (Å²) in [6.07, 6.45) is -3.59. The minimum Gasteiger partial charge on any atom is -0.489 e. The fraction of sp³-hybridized carbons (Fsp3) is 0.267. The summed E-state index contributed by atoms with van der Waals surface area (Å²) < 4.78 is 54.7. The zero-order chi connectivity index (χ0) is 27.8. The summed E-state index contributed by atoms with van der Waals surface area (Å²) in [6, 6.07) is 20.6. The summed E-state index contributed by atoms with van der Waals surface area (Å²) in [6.45, 7) is 3.80. The van der Waals surface area contributed by atoms with Crippen LogP contribution in [0.15, 0.2) is 77.3 Å². The van der Waals surface area contributed by atoms with Crippen LogP contribution in [0.5, 0.6) is 11.5 Å². The van der Waals surface area contributed by atoms with Crippen LogP contribution in [0.25, 0.3) is 22.4 Å².